The fourth-order valence-electron chi connectivity index (χ4n) is 2.46. The van der Waals surface area contributed by atoms with E-state index in [9.17, 15) is 4.79 Å². The van der Waals surface area contributed by atoms with E-state index in [2.05, 4.69) is 32.2 Å². The number of aromatic nitrogens is 2. The minimum Gasteiger partial charge on any atom is -0.350 e. The van der Waals surface area contributed by atoms with Crippen molar-refractivity contribution in [3.8, 4) is 0 Å². The summed E-state index contributed by atoms with van der Waals surface area (Å²) in [6.07, 6.45) is 1.82. The predicted molar refractivity (Wildman–Crippen MR) is 84.8 cm³/mol. The maximum Gasteiger partial charge on any atom is 0.266 e. The molecule has 0 bridgehead atoms. The van der Waals surface area contributed by atoms with E-state index < -0.39 is 0 Å². The standard InChI is InChI=1S/C15H27N5O2/c1-5-6-13-16-14(18-22-13)20-9-7-19(8-10-20)11-12(21)17-15(2,3)4/h5-11H2,1-4H3,(H,17,21). The van der Waals surface area contributed by atoms with Crippen molar-refractivity contribution in [3.05, 3.63) is 5.89 Å². The van der Waals surface area contributed by atoms with Crippen molar-refractivity contribution in [2.75, 3.05) is 37.6 Å². The third-order valence-electron chi connectivity index (χ3n) is 3.46. The quantitative estimate of drug-likeness (QED) is 0.876. The predicted octanol–water partition coefficient (Wildman–Crippen LogP) is 1.06. The Labute approximate surface area is 132 Å². The zero-order valence-electron chi connectivity index (χ0n) is 14.1. The van der Waals surface area contributed by atoms with Crippen molar-refractivity contribution in [1.29, 1.82) is 0 Å². The van der Waals surface area contributed by atoms with Crippen LogP contribution in [-0.4, -0.2) is 59.2 Å². The summed E-state index contributed by atoms with van der Waals surface area (Å²) in [5.74, 6) is 1.44. The molecule has 1 aromatic heterocycles. The molecule has 7 nitrogen and oxygen atoms in total. The minimum absolute atomic E-state index is 0.0748. The number of hydrogen-bond acceptors (Lipinski definition) is 6. The first-order valence-corrected chi connectivity index (χ1v) is 7.98. The van der Waals surface area contributed by atoms with Crippen LogP contribution >= 0.6 is 0 Å². The van der Waals surface area contributed by atoms with Crippen molar-refractivity contribution < 1.29 is 9.32 Å². The van der Waals surface area contributed by atoms with Crippen molar-refractivity contribution in [2.24, 2.45) is 0 Å². The molecule has 0 aromatic carbocycles. The fraction of sp³-hybridized carbons (Fsp3) is 0.800. The van der Waals surface area contributed by atoms with Crippen molar-refractivity contribution in [3.63, 3.8) is 0 Å². The number of hydrogen-bond donors (Lipinski definition) is 1. The third kappa shape index (κ3) is 4.98. The second-order valence-electron chi connectivity index (χ2n) is 6.80. The monoisotopic (exact) mass is 309 g/mol. The summed E-state index contributed by atoms with van der Waals surface area (Å²) in [5.41, 5.74) is -0.181. The number of nitrogens with one attached hydrogen (secondary N) is 1. The summed E-state index contributed by atoms with van der Waals surface area (Å²) >= 11 is 0. The van der Waals surface area contributed by atoms with Crippen LogP contribution in [-0.2, 0) is 11.2 Å². The average molecular weight is 309 g/mol. The van der Waals surface area contributed by atoms with Gasteiger partial charge in [0.25, 0.3) is 5.95 Å². The summed E-state index contributed by atoms with van der Waals surface area (Å²) in [4.78, 5) is 20.6. The first kappa shape index (κ1) is 16.7. The largest absolute Gasteiger partial charge is 0.350 e. The highest BCUT2D eigenvalue weighted by atomic mass is 16.5. The van der Waals surface area contributed by atoms with E-state index in [0.717, 1.165) is 39.0 Å². The van der Waals surface area contributed by atoms with E-state index in [1.807, 2.05) is 20.8 Å². The van der Waals surface area contributed by atoms with Gasteiger partial charge in [-0.1, -0.05) is 6.92 Å². The van der Waals surface area contributed by atoms with Gasteiger partial charge >= 0.3 is 0 Å². The molecule has 0 radical (unpaired) electrons. The van der Waals surface area contributed by atoms with Gasteiger partial charge in [-0.05, 0) is 32.3 Å². The molecule has 1 aliphatic rings. The zero-order chi connectivity index (χ0) is 16.2. The van der Waals surface area contributed by atoms with Crippen molar-refractivity contribution in [1.82, 2.24) is 20.4 Å². The van der Waals surface area contributed by atoms with E-state index >= 15 is 0 Å². The van der Waals surface area contributed by atoms with Crippen molar-refractivity contribution in [2.45, 2.75) is 46.1 Å². The second kappa shape index (κ2) is 7.09. The lowest BCUT2D eigenvalue weighted by molar-refractivity contribution is -0.123. The summed E-state index contributed by atoms with van der Waals surface area (Å²) < 4.78 is 5.22. The number of rotatable bonds is 5. The van der Waals surface area contributed by atoms with E-state index in [1.54, 1.807) is 0 Å². The second-order valence-corrected chi connectivity index (χ2v) is 6.80. The van der Waals surface area contributed by atoms with Gasteiger partial charge in [-0.2, -0.15) is 4.98 Å². The summed E-state index contributed by atoms with van der Waals surface area (Å²) in [6, 6.07) is 0. The van der Waals surface area contributed by atoms with Crippen LogP contribution in [0, 0.1) is 0 Å². The molecule has 1 aromatic rings. The van der Waals surface area contributed by atoms with Crippen LogP contribution < -0.4 is 10.2 Å². The molecule has 22 heavy (non-hydrogen) atoms. The Morgan fingerprint density at radius 2 is 1.95 bits per heavy atom. The van der Waals surface area contributed by atoms with Gasteiger partial charge in [0.05, 0.1) is 6.54 Å². The van der Waals surface area contributed by atoms with Gasteiger partial charge in [0, 0.05) is 38.1 Å². The maximum absolute atomic E-state index is 11.9. The maximum atomic E-state index is 11.9. The Hall–Kier alpha value is -1.63. The molecule has 0 atom stereocenters. The van der Waals surface area contributed by atoms with E-state index in [-0.39, 0.29) is 11.4 Å². The van der Waals surface area contributed by atoms with Crippen LogP contribution in [0.1, 0.15) is 40.0 Å². The third-order valence-corrected chi connectivity index (χ3v) is 3.46. The average Bonchev–Trinajstić information content (AvgIpc) is 2.86. The molecule has 1 aliphatic heterocycles. The number of carbonyl (C=O) groups excluding carboxylic acids is 1. The highest BCUT2D eigenvalue weighted by Gasteiger charge is 2.23. The molecule has 0 spiro atoms. The van der Waals surface area contributed by atoms with E-state index in [0.29, 0.717) is 18.4 Å². The molecule has 0 unspecified atom stereocenters. The lowest BCUT2D eigenvalue weighted by atomic mass is 10.1. The van der Waals surface area contributed by atoms with Gasteiger partial charge in [-0.15, -0.1) is 0 Å². The molecule has 2 heterocycles. The molecule has 7 heteroatoms. The molecule has 124 valence electrons. The van der Waals surface area contributed by atoms with Crippen LogP contribution in [0.15, 0.2) is 4.52 Å². The van der Waals surface area contributed by atoms with E-state index in [4.69, 9.17) is 4.52 Å². The molecule has 2 rings (SSSR count). The lowest BCUT2D eigenvalue weighted by Gasteiger charge is -2.34. The summed E-state index contributed by atoms with van der Waals surface area (Å²) in [5, 5.41) is 7.03. The number of aryl methyl sites for hydroxylation is 1. The summed E-state index contributed by atoms with van der Waals surface area (Å²) in [7, 11) is 0. The van der Waals surface area contributed by atoms with Gasteiger partial charge in [-0.25, -0.2) is 0 Å². The molecular formula is C15H27N5O2. The lowest BCUT2D eigenvalue weighted by Crippen LogP contribution is -2.52. The SMILES string of the molecule is CCCc1nc(N2CCN(CC(=O)NC(C)(C)C)CC2)no1. The van der Waals surface area contributed by atoms with Crippen LogP contribution in [0.3, 0.4) is 0 Å². The van der Waals surface area contributed by atoms with Crippen LogP contribution in [0.25, 0.3) is 0 Å². The molecule has 1 N–H and O–H groups in total. The topological polar surface area (TPSA) is 74.5 Å². The Balaban J connectivity index is 1.78. The van der Waals surface area contributed by atoms with Crippen molar-refractivity contribution >= 4 is 11.9 Å². The molecule has 1 amide bonds. The molecular weight excluding hydrogens is 282 g/mol. The van der Waals surface area contributed by atoms with Gasteiger partial charge in [0.15, 0.2) is 0 Å². The highest BCUT2D eigenvalue weighted by molar-refractivity contribution is 5.78. The van der Waals surface area contributed by atoms with Crippen LogP contribution in [0.5, 0.6) is 0 Å². The summed E-state index contributed by atoms with van der Waals surface area (Å²) in [6.45, 7) is 11.8. The highest BCUT2D eigenvalue weighted by Crippen LogP contribution is 2.13. The smallest absolute Gasteiger partial charge is 0.266 e. The fourth-order valence-corrected chi connectivity index (χ4v) is 2.46. The van der Waals surface area contributed by atoms with Crippen LogP contribution in [0.4, 0.5) is 5.95 Å². The Kier molecular flexibility index (Phi) is 5.39. The number of nitrogens with zero attached hydrogens (tertiary/aromatic N) is 4. The molecule has 0 saturated carbocycles. The number of piperazine rings is 1. The first-order valence-electron chi connectivity index (χ1n) is 7.98. The van der Waals surface area contributed by atoms with Gasteiger partial charge in [-0.3, -0.25) is 9.69 Å². The van der Waals surface area contributed by atoms with E-state index in [1.165, 1.54) is 0 Å². The molecule has 1 saturated heterocycles. The Bertz CT molecular complexity index is 486. The molecule has 1 fully saturated rings. The normalized spacial score (nSPS) is 16.8. The number of carbonyl (C=O) groups is 1. The first-order chi connectivity index (χ1) is 10.4. The number of amides is 1. The van der Waals surface area contributed by atoms with Crippen LogP contribution in [0.2, 0.25) is 0 Å². The molecule has 0 aliphatic carbocycles. The minimum atomic E-state index is -0.181. The van der Waals surface area contributed by atoms with Gasteiger partial charge in [0.2, 0.25) is 11.8 Å². The van der Waals surface area contributed by atoms with Gasteiger partial charge in [0.1, 0.15) is 0 Å². The van der Waals surface area contributed by atoms with Gasteiger partial charge < -0.3 is 14.7 Å². The zero-order valence-corrected chi connectivity index (χ0v) is 14.1. The number of anilines is 1. The Morgan fingerprint density at radius 1 is 1.27 bits per heavy atom. The Morgan fingerprint density at radius 3 is 2.55 bits per heavy atom.